The number of rotatable bonds is 4. The average molecular weight is 389 g/mol. The Labute approximate surface area is 165 Å². The van der Waals surface area contributed by atoms with E-state index in [2.05, 4.69) is 25.8 Å². The summed E-state index contributed by atoms with van der Waals surface area (Å²) in [6.07, 6.45) is 3.21. The monoisotopic (exact) mass is 389 g/mol. The maximum atomic E-state index is 12.9. The van der Waals surface area contributed by atoms with Crippen LogP contribution in [0.1, 0.15) is 27.9 Å². The standard InChI is InChI=1S/C20H19N7O2/c1-11-2-3-12(18-25-20(29-26-18)13-7-22-8-13)6-15(11)24-19(28)16-9-23-17-5-4-14(21)10-27(16)17/h2-6,9-10,13,22H,7-8,21H2,1H3,(H,24,28). The number of nitrogens with zero attached hydrogens (tertiary/aromatic N) is 4. The van der Waals surface area contributed by atoms with Gasteiger partial charge < -0.3 is 20.9 Å². The van der Waals surface area contributed by atoms with E-state index in [9.17, 15) is 4.79 Å². The van der Waals surface area contributed by atoms with Crippen LogP contribution in [0.5, 0.6) is 0 Å². The van der Waals surface area contributed by atoms with Crippen LogP contribution in [-0.2, 0) is 0 Å². The second-order valence-corrected chi connectivity index (χ2v) is 7.13. The van der Waals surface area contributed by atoms with Crippen molar-refractivity contribution in [2.45, 2.75) is 12.8 Å². The Hall–Kier alpha value is -3.72. The van der Waals surface area contributed by atoms with Gasteiger partial charge in [0.25, 0.3) is 5.91 Å². The normalized spacial score (nSPS) is 14.1. The van der Waals surface area contributed by atoms with Crippen LogP contribution < -0.4 is 16.4 Å². The number of carbonyl (C=O) groups is 1. The van der Waals surface area contributed by atoms with Crippen molar-refractivity contribution in [2.75, 3.05) is 24.1 Å². The lowest BCUT2D eigenvalue weighted by Gasteiger charge is -2.22. The highest BCUT2D eigenvalue weighted by molar-refractivity contribution is 6.04. The molecule has 4 aromatic rings. The van der Waals surface area contributed by atoms with Crippen LogP contribution in [0, 0.1) is 6.92 Å². The molecule has 0 spiro atoms. The quantitative estimate of drug-likeness (QED) is 0.489. The zero-order chi connectivity index (χ0) is 20.0. The van der Waals surface area contributed by atoms with Crippen LogP contribution in [0.25, 0.3) is 17.0 Å². The van der Waals surface area contributed by atoms with Gasteiger partial charge in [-0.25, -0.2) is 4.98 Å². The Morgan fingerprint density at radius 3 is 2.97 bits per heavy atom. The largest absolute Gasteiger partial charge is 0.398 e. The summed E-state index contributed by atoms with van der Waals surface area (Å²) in [6.45, 7) is 3.62. The summed E-state index contributed by atoms with van der Waals surface area (Å²) in [4.78, 5) is 21.6. The number of anilines is 2. The van der Waals surface area contributed by atoms with Crippen molar-refractivity contribution in [3.63, 3.8) is 0 Å². The summed E-state index contributed by atoms with van der Waals surface area (Å²) < 4.78 is 7.05. The van der Waals surface area contributed by atoms with Crippen molar-refractivity contribution in [3.05, 3.63) is 59.9 Å². The van der Waals surface area contributed by atoms with Crippen molar-refractivity contribution in [1.82, 2.24) is 24.8 Å². The number of imidazole rings is 1. The number of nitrogens with one attached hydrogen (secondary N) is 2. The second kappa shape index (κ2) is 6.71. The molecule has 0 unspecified atom stereocenters. The van der Waals surface area contributed by atoms with Gasteiger partial charge in [-0.15, -0.1) is 0 Å². The number of amides is 1. The molecule has 146 valence electrons. The van der Waals surface area contributed by atoms with Crippen molar-refractivity contribution in [3.8, 4) is 11.4 Å². The molecule has 9 nitrogen and oxygen atoms in total. The lowest BCUT2D eigenvalue weighted by Crippen LogP contribution is -2.40. The van der Waals surface area contributed by atoms with Gasteiger partial charge in [-0.1, -0.05) is 17.3 Å². The number of fused-ring (bicyclic) bond motifs is 1. The minimum Gasteiger partial charge on any atom is -0.398 e. The number of hydrogen-bond acceptors (Lipinski definition) is 7. The fraction of sp³-hybridized carbons (Fsp3) is 0.200. The molecule has 1 aliphatic heterocycles. The molecule has 3 aromatic heterocycles. The third-order valence-electron chi connectivity index (χ3n) is 5.08. The first-order valence-corrected chi connectivity index (χ1v) is 9.28. The highest BCUT2D eigenvalue weighted by Crippen LogP contribution is 2.26. The highest BCUT2D eigenvalue weighted by atomic mass is 16.5. The molecule has 0 atom stereocenters. The number of carbonyl (C=O) groups excluding carboxylic acids is 1. The Bertz CT molecular complexity index is 1220. The molecule has 0 aliphatic carbocycles. The number of nitrogen functional groups attached to an aromatic ring is 1. The molecule has 4 heterocycles. The van der Waals surface area contributed by atoms with Crippen LogP contribution in [0.2, 0.25) is 0 Å². The van der Waals surface area contributed by atoms with Gasteiger partial charge in [0.1, 0.15) is 11.3 Å². The van der Waals surface area contributed by atoms with Crippen LogP contribution in [0.4, 0.5) is 11.4 Å². The molecule has 9 heteroatoms. The second-order valence-electron chi connectivity index (χ2n) is 7.13. The molecule has 1 saturated heterocycles. The molecule has 5 rings (SSSR count). The Kier molecular flexibility index (Phi) is 4.02. The van der Waals surface area contributed by atoms with E-state index in [4.69, 9.17) is 10.3 Å². The first-order chi connectivity index (χ1) is 14.1. The fourth-order valence-corrected chi connectivity index (χ4v) is 3.23. The van der Waals surface area contributed by atoms with Crippen LogP contribution in [-0.4, -0.2) is 38.5 Å². The van der Waals surface area contributed by atoms with Gasteiger partial charge in [0, 0.05) is 36.2 Å². The van der Waals surface area contributed by atoms with Crippen LogP contribution in [0.3, 0.4) is 0 Å². The summed E-state index contributed by atoms with van der Waals surface area (Å²) in [7, 11) is 0. The van der Waals surface area contributed by atoms with Crippen molar-refractivity contribution in [1.29, 1.82) is 0 Å². The zero-order valence-corrected chi connectivity index (χ0v) is 15.7. The first kappa shape index (κ1) is 17.4. The summed E-state index contributed by atoms with van der Waals surface area (Å²) >= 11 is 0. The highest BCUT2D eigenvalue weighted by Gasteiger charge is 2.25. The minimum absolute atomic E-state index is 0.267. The van der Waals surface area contributed by atoms with E-state index >= 15 is 0 Å². The van der Waals surface area contributed by atoms with Gasteiger partial charge in [0.2, 0.25) is 11.7 Å². The Balaban J connectivity index is 1.43. The predicted molar refractivity (Wildman–Crippen MR) is 108 cm³/mol. The summed E-state index contributed by atoms with van der Waals surface area (Å²) in [5, 5.41) is 10.2. The number of pyridine rings is 1. The molecule has 0 radical (unpaired) electrons. The lowest BCUT2D eigenvalue weighted by molar-refractivity contribution is 0.102. The van der Waals surface area contributed by atoms with Crippen molar-refractivity contribution >= 4 is 22.9 Å². The zero-order valence-electron chi connectivity index (χ0n) is 15.7. The molecular weight excluding hydrogens is 370 g/mol. The average Bonchev–Trinajstić information content (AvgIpc) is 3.29. The molecule has 1 aromatic carbocycles. The summed E-state index contributed by atoms with van der Waals surface area (Å²) in [6, 6.07) is 9.18. The molecule has 4 N–H and O–H groups in total. The Morgan fingerprint density at radius 2 is 2.17 bits per heavy atom. The van der Waals surface area contributed by atoms with Crippen molar-refractivity contribution in [2.24, 2.45) is 0 Å². The third-order valence-corrected chi connectivity index (χ3v) is 5.08. The van der Waals surface area contributed by atoms with E-state index in [0.717, 1.165) is 24.2 Å². The summed E-state index contributed by atoms with van der Waals surface area (Å²) in [5.74, 6) is 1.12. The summed E-state index contributed by atoms with van der Waals surface area (Å²) in [5.41, 5.74) is 9.81. The number of hydrogen-bond donors (Lipinski definition) is 3. The SMILES string of the molecule is Cc1ccc(-c2noc(C3CNC3)n2)cc1NC(=O)c1cnc2ccc(N)cn12. The predicted octanol–water partition coefficient (Wildman–Crippen LogP) is 2.21. The maximum absolute atomic E-state index is 12.9. The van der Waals surface area contributed by atoms with Gasteiger partial charge in [-0.05, 0) is 30.7 Å². The topological polar surface area (TPSA) is 123 Å². The van der Waals surface area contributed by atoms with E-state index in [1.54, 1.807) is 22.7 Å². The molecule has 29 heavy (non-hydrogen) atoms. The molecule has 1 fully saturated rings. The number of nitrogens with two attached hydrogens (primary N) is 1. The Morgan fingerprint density at radius 1 is 1.31 bits per heavy atom. The van der Waals surface area contributed by atoms with E-state index in [-0.39, 0.29) is 11.8 Å². The fourth-order valence-electron chi connectivity index (χ4n) is 3.23. The number of benzene rings is 1. The maximum Gasteiger partial charge on any atom is 0.274 e. The van der Waals surface area contributed by atoms with Crippen molar-refractivity contribution < 1.29 is 9.32 Å². The molecule has 0 saturated carbocycles. The molecule has 1 amide bonds. The van der Waals surface area contributed by atoms with Gasteiger partial charge >= 0.3 is 0 Å². The van der Waals surface area contributed by atoms with Crippen LogP contribution in [0.15, 0.2) is 47.2 Å². The van der Waals surface area contributed by atoms with Gasteiger partial charge in [0.05, 0.1) is 12.1 Å². The van der Waals surface area contributed by atoms with E-state index < -0.39 is 0 Å². The van der Waals surface area contributed by atoms with Gasteiger partial charge in [-0.3, -0.25) is 9.20 Å². The van der Waals surface area contributed by atoms with E-state index in [1.807, 2.05) is 25.1 Å². The van der Waals surface area contributed by atoms with E-state index in [1.165, 1.54) is 6.20 Å². The third kappa shape index (κ3) is 3.11. The first-order valence-electron chi connectivity index (χ1n) is 9.28. The van der Waals surface area contributed by atoms with E-state index in [0.29, 0.717) is 34.4 Å². The number of aryl methyl sites for hydroxylation is 1. The van der Waals surface area contributed by atoms with Gasteiger partial charge in [0.15, 0.2) is 0 Å². The van der Waals surface area contributed by atoms with Gasteiger partial charge in [-0.2, -0.15) is 4.98 Å². The molecule has 1 aliphatic rings. The molecular formula is C20H19N7O2. The lowest BCUT2D eigenvalue weighted by atomic mass is 10.0. The van der Waals surface area contributed by atoms with Crippen LogP contribution >= 0.6 is 0 Å². The minimum atomic E-state index is -0.280. The number of aromatic nitrogens is 4. The molecule has 0 bridgehead atoms. The smallest absolute Gasteiger partial charge is 0.274 e.